The maximum atomic E-state index is 10.7. The number of carboxylic acids is 1. The number of aryl methyl sites for hydroxylation is 1. The van der Waals surface area contributed by atoms with Gasteiger partial charge in [-0.2, -0.15) is 0 Å². The summed E-state index contributed by atoms with van der Waals surface area (Å²) in [7, 11) is 0. The Morgan fingerprint density at radius 1 is 1.44 bits per heavy atom. The van der Waals surface area contributed by atoms with E-state index in [-0.39, 0.29) is 5.92 Å². The molecule has 0 saturated heterocycles. The van der Waals surface area contributed by atoms with Crippen LogP contribution in [0.5, 0.6) is 0 Å². The fourth-order valence-electron chi connectivity index (χ4n) is 1.76. The van der Waals surface area contributed by atoms with Gasteiger partial charge in [0.2, 0.25) is 0 Å². The highest BCUT2D eigenvalue weighted by Gasteiger charge is 2.10. The van der Waals surface area contributed by atoms with E-state index in [0.29, 0.717) is 6.42 Å². The van der Waals surface area contributed by atoms with Crippen LogP contribution in [0.25, 0.3) is 10.9 Å². The Morgan fingerprint density at radius 3 is 3.00 bits per heavy atom. The predicted molar refractivity (Wildman–Crippen MR) is 63.4 cm³/mol. The molecule has 0 saturated carbocycles. The number of hydrogen-bond acceptors (Lipinski definition) is 1. The summed E-state index contributed by atoms with van der Waals surface area (Å²) in [6.45, 7) is 1.75. The molecule has 1 aromatic carbocycles. The van der Waals surface area contributed by atoms with Crippen molar-refractivity contribution in [2.75, 3.05) is 0 Å². The molecule has 84 valence electrons. The first-order valence-corrected chi connectivity index (χ1v) is 5.45. The maximum Gasteiger partial charge on any atom is 0.306 e. The minimum absolute atomic E-state index is 0.276. The van der Waals surface area contributed by atoms with Gasteiger partial charge in [0.15, 0.2) is 0 Å². The van der Waals surface area contributed by atoms with Gasteiger partial charge >= 0.3 is 5.97 Å². The zero-order chi connectivity index (χ0) is 11.5. The first-order valence-electron chi connectivity index (χ1n) is 5.45. The molecule has 0 aliphatic carbocycles. The van der Waals surface area contributed by atoms with Crippen LogP contribution in [-0.2, 0) is 11.2 Å². The third-order valence-corrected chi connectivity index (χ3v) is 2.91. The van der Waals surface area contributed by atoms with Gasteiger partial charge in [-0.15, -0.1) is 0 Å². The van der Waals surface area contributed by atoms with E-state index in [0.717, 1.165) is 11.9 Å². The molecular formula is C13H15NO2. The molecule has 0 fully saturated rings. The smallest absolute Gasteiger partial charge is 0.306 e. The highest BCUT2D eigenvalue weighted by molar-refractivity contribution is 5.79. The first kappa shape index (κ1) is 10.7. The summed E-state index contributed by atoms with van der Waals surface area (Å²) in [6.07, 6.45) is 3.41. The number of aromatic nitrogens is 1. The van der Waals surface area contributed by atoms with E-state index in [4.69, 9.17) is 5.11 Å². The lowest BCUT2D eigenvalue weighted by atomic mass is 10.0. The lowest BCUT2D eigenvalue weighted by Crippen LogP contribution is -2.10. The number of carboxylic acid groups (broad SMARTS) is 1. The third-order valence-electron chi connectivity index (χ3n) is 2.91. The first-order chi connectivity index (χ1) is 7.66. The zero-order valence-electron chi connectivity index (χ0n) is 9.23. The monoisotopic (exact) mass is 217 g/mol. The normalized spacial score (nSPS) is 12.8. The van der Waals surface area contributed by atoms with Crippen LogP contribution in [0.2, 0.25) is 0 Å². The second kappa shape index (κ2) is 4.39. The second-order valence-electron chi connectivity index (χ2n) is 4.18. The number of aliphatic carboxylic acids is 1. The van der Waals surface area contributed by atoms with Gasteiger partial charge in [0.25, 0.3) is 0 Å². The minimum Gasteiger partial charge on any atom is -0.481 e. The van der Waals surface area contributed by atoms with Crippen LogP contribution in [0.1, 0.15) is 18.9 Å². The quantitative estimate of drug-likeness (QED) is 0.827. The van der Waals surface area contributed by atoms with Crippen molar-refractivity contribution in [2.24, 2.45) is 5.92 Å². The summed E-state index contributed by atoms with van der Waals surface area (Å²) in [5, 5.41) is 9.97. The molecule has 0 radical (unpaired) electrons. The average Bonchev–Trinajstić information content (AvgIpc) is 2.72. The molecule has 0 aliphatic rings. The van der Waals surface area contributed by atoms with Crippen LogP contribution in [-0.4, -0.2) is 16.1 Å². The Morgan fingerprint density at radius 2 is 2.25 bits per heavy atom. The van der Waals surface area contributed by atoms with E-state index in [1.165, 1.54) is 10.9 Å². The number of H-pyrrole nitrogens is 1. The van der Waals surface area contributed by atoms with Crippen LogP contribution in [0.15, 0.2) is 30.5 Å². The average molecular weight is 217 g/mol. The van der Waals surface area contributed by atoms with Crippen LogP contribution in [0, 0.1) is 5.92 Å². The molecule has 2 N–H and O–H groups in total. The SMILES string of the molecule is CC(CCc1ccc2[nH]ccc2c1)C(=O)O. The molecule has 1 atom stereocenters. The molecule has 1 heterocycles. The number of rotatable bonds is 4. The van der Waals surface area contributed by atoms with Crippen molar-refractivity contribution in [3.63, 3.8) is 0 Å². The summed E-state index contributed by atoms with van der Waals surface area (Å²) in [6, 6.07) is 8.23. The van der Waals surface area contributed by atoms with E-state index in [1.807, 2.05) is 24.4 Å². The van der Waals surface area contributed by atoms with Gasteiger partial charge in [-0.25, -0.2) is 0 Å². The molecule has 0 spiro atoms. The Labute approximate surface area is 94.1 Å². The van der Waals surface area contributed by atoms with E-state index in [1.54, 1.807) is 6.92 Å². The number of aromatic amines is 1. The van der Waals surface area contributed by atoms with Crippen LogP contribution >= 0.6 is 0 Å². The molecule has 1 unspecified atom stereocenters. The second-order valence-corrected chi connectivity index (χ2v) is 4.18. The van der Waals surface area contributed by atoms with Crippen molar-refractivity contribution >= 4 is 16.9 Å². The Kier molecular flexibility index (Phi) is 2.95. The fourth-order valence-corrected chi connectivity index (χ4v) is 1.76. The highest BCUT2D eigenvalue weighted by Crippen LogP contribution is 2.17. The van der Waals surface area contributed by atoms with Gasteiger partial charge in [0, 0.05) is 11.7 Å². The van der Waals surface area contributed by atoms with Crippen LogP contribution in [0.4, 0.5) is 0 Å². The molecule has 3 nitrogen and oxygen atoms in total. The standard InChI is InChI=1S/C13H15NO2/c1-9(13(15)16)2-3-10-4-5-12-11(8-10)6-7-14-12/h4-9,14H,2-3H2,1H3,(H,15,16). The largest absolute Gasteiger partial charge is 0.481 e. The highest BCUT2D eigenvalue weighted by atomic mass is 16.4. The zero-order valence-corrected chi connectivity index (χ0v) is 9.23. The number of benzene rings is 1. The van der Waals surface area contributed by atoms with Crippen molar-refractivity contribution in [3.05, 3.63) is 36.0 Å². The van der Waals surface area contributed by atoms with Gasteiger partial charge in [-0.05, 0) is 42.0 Å². The lowest BCUT2D eigenvalue weighted by molar-refractivity contribution is -0.141. The Hall–Kier alpha value is -1.77. The van der Waals surface area contributed by atoms with E-state index >= 15 is 0 Å². The fraction of sp³-hybridized carbons (Fsp3) is 0.308. The maximum absolute atomic E-state index is 10.7. The van der Waals surface area contributed by atoms with E-state index in [2.05, 4.69) is 11.1 Å². The summed E-state index contributed by atoms with van der Waals surface area (Å²) in [4.78, 5) is 13.8. The molecule has 0 amide bonds. The molecule has 2 rings (SSSR count). The number of carbonyl (C=O) groups is 1. The van der Waals surface area contributed by atoms with Gasteiger partial charge in [-0.1, -0.05) is 13.0 Å². The van der Waals surface area contributed by atoms with Crippen molar-refractivity contribution < 1.29 is 9.90 Å². The molecular weight excluding hydrogens is 202 g/mol. The third kappa shape index (κ3) is 2.24. The predicted octanol–water partition coefficient (Wildman–Crippen LogP) is 2.82. The molecule has 16 heavy (non-hydrogen) atoms. The molecule has 1 aromatic heterocycles. The lowest BCUT2D eigenvalue weighted by Gasteiger charge is -2.05. The molecule has 3 heteroatoms. The summed E-state index contributed by atoms with van der Waals surface area (Å²) >= 11 is 0. The Balaban J connectivity index is 2.06. The van der Waals surface area contributed by atoms with Crippen LogP contribution < -0.4 is 0 Å². The van der Waals surface area contributed by atoms with E-state index < -0.39 is 5.97 Å². The van der Waals surface area contributed by atoms with Gasteiger partial charge in [0.05, 0.1) is 5.92 Å². The minimum atomic E-state index is -0.720. The number of hydrogen-bond donors (Lipinski definition) is 2. The van der Waals surface area contributed by atoms with Crippen molar-refractivity contribution in [3.8, 4) is 0 Å². The van der Waals surface area contributed by atoms with Gasteiger partial charge < -0.3 is 10.1 Å². The summed E-state index contributed by atoms with van der Waals surface area (Å²) < 4.78 is 0. The van der Waals surface area contributed by atoms with Crippen molar-refractivity contribution in [1.82, 2.24) is 4.98 Å². The number of nitrogens with one attached hydrogen (secondary N) is 1. The molecule has 2 aromatic rings. The number of fused-ring (bicyclic) bond motifs is 1. The molecule has 0 aliphatic heterocycles. The van der Waals surface area contributed by atoms with Crippen molar-refractivity contribution in [2.45, 2.75) is 19.8 Å². The van der Waals surface area contributed by atoms with Crippen molar-refractivity contribution in [1.29, 1.82) is 0 Å². The van der Waals surface area contributed by atoms with Gasteiger partial charge in [-0.3, -0.25) is 4.79 Å². The molecule has 0 bridgehead atoms. The van der Waals surface area contributed by atoms with E-state index in [9.17, 15) is 4.79 Å². The van der Waals surface area contributed by atoms with Gasteiger partial charge in [0.1, 0.15) is 0 Å². The summed E-state index contributed by atoms with van der Waals surface area (Å²) in [5.41, 5.74) is 2.32. The topological polar surface area (TPSA) is 53.1 Å². The summed E-state index contributed by atoms with van der Waals surface area (Å²) in [5.74, 6) is -0.996. The van der Waals surface area contributed by atoms with Crippen LogP contribution in [0.3, 0.4) is 0 Å². The Bertz CT molecular complexity index is 501.